The monoisotopic (exact) mass is 319 g/mol. The molecule has 2 rings (SSSR count). The summed E-state index contributed by atoms with van der Waals surface area (Å²) in [4.78, 5) is 17.4. The lowest BCUT2D eigenvalue weighted by atomic mass is 9.97. The van der Waals surface area contributed by atoms with Gasteiger partial charge >= 0.3 is 6.18 Å². The van der Waals surface area contributed by atoms with Crippen molar-refractivity contribution in [3.8, 4) is 0 Å². The fourth-order valence-electron chi connectivity index (χ4n) is 2.61. The predicted molar refractivity (Wildman–Crippen MR) is 74.5 cm³/mol. The molecule has 1 saturated heterocycles. The van der Waals surface area contributed by atoms with Crippen molar-refractivity contribution in [1.82, 2.24) is 14.5 Å². The van der Waals surface area contributed by atoms with Crippen LogP contribution < -0.4 is 5.56 Å². The Labute approximate surface area is 126 Å². The predicted octanol–water partition coefficient (Wildman–Crippen LogP) is 1.62. The fourth-order valence-corrected chi connectivity index (χ4v) is 2.61. The van der Waals surface area contributed by atoms with E-state index in [2.05, 4.69) is 9.88 Å². The largest absolute Gasteiger partial charge is 0.433 e. The summed E-state index contributed by atoms with van der Waals surface area (Å²) in [7, 11) is 1.66. The lowest BCUT2D eigenvalue weighted by Crippen LogP contribution is -2.38. The Kier molecular flexibility index (Phi) is 5.57. The SMILES string of the molecule is COCCN1CCC(Cn2cnc(C(F)(F)F)cc2=O)CC1. The molecule has 0 amide bonds. The molecule has 1 fully saturated rings. The van der Waals surface area contributed by atoms with Crippen molar-refractivity contribution in [3.63, 3.8) is 0 Å². The van der Waals surface area contributed by atoms with E-state index < -0.39 is 17.4 Å². The number of piperidine rings is 1. The first-order valence-electron chi connectivity index (χ1n) is 7.25. The minimum absolute atomic E-state index is 0.287. The normalized spacial score (nSPS) is 17.8. The third-order valence-corrected chi connectivity index (χ3v) is 3.94. The number of rotatable bonds is 5. The maximum atomic E-state index is 12.5. The molecule has 124 valence electrons. The first kappa shape index (κ1) is 17.0. The molecule has 0 spiro atoms. The van der Waals surface area contributed by atoms with Crippen LogP contribution in [0, 0.1) is 5.92 Å². The van der Waals surface area contributed by atoms with Crippen LogP contribution in [0.3, 0.4) is 0 Å². The van der Waals surface area contributed by atoms with Crippen LogP contribution in [0.5, 0.6) is 0 Å². The molecule has 1 aliphatic rings. The van der Waals surface area contributed by atoms with Gasteiger partial charge in [-0.15, -0.1) is 0 Å². The fraction of sp³-hybridized carbons (Fsp3) is 0.714. The van der Waals surface area contributed by atoms with Gasteiger partial charge in [0.1, 0.15) is 0 Å². The quantitative estimate of drug-likeness (QED) is 0.827. The van der Waals surface area contributed by atoms with Gasteiger partial charge in [-0.05, 0) is 31.8 Å². The minimum atomic E-state index is -4.58. The topological polar surface area (TPSA) is 47.4 Å². The summed E-state index contributed by atoms with van der Waals surface area (Å²) < 4.78 is 43.7. The van der Waals surface area contributed by atoms with E-state index in [1.807, 2.05) is 0 Å². The maximum absolute atomic E-state index is 12.5. The molecule has 0 aromatic carbocycles. The highest BCUT2D eigenvalue weighted by Crippen LogP contribution is 2.26. The molecule has 0 aliphatic carbocycles. The molecule has 22 heavy (non-hydrogen) atoms. The van der Waals surface area contributed by atoms with Crippen LogP contribution in [0.2, 0.25) is 0 Å². The van der Waals surface area contributed by atoms with Gasteiger partial charge in [0, 0.05) is 26.3 Å². The van der Waals surface area contributed by atoms with E-state index in [9.17, 15) is 18.0 Å². The zero-order valence-corrected chi connectivity index (χ0v) is 12.5. The number of nitrogens with zero attached hydrogens (tertiary/aromatic N) is 3. The van der Waals surface area contributed by atoms with Crippen LogP contribution >= 0.6 is 0 Å². The number of aromatic nitrogens is 2. The first-order valence-corrected chi connectivity index (χ1v) is 7.25. The average molecular weight is 319 g/mol. The summed E-state index contributed by atoms with van der Waals surface area (Å²) in [5.74, 6) is 0.287. The van der Waals surface area contributed by atoms with E-state index in [1.165, 1.54) is 4.57 Å². The lowest BCUT2D eigenvalue weighted by molar-refractivity contribution is -0.141. The molecule has 1 aliphatic heterocycles. The van der Waals surface area contributed by atoms with Crippen molar-refractivity contribution in [1.29, 1.82) is 0 Å². The van der Waals surface area contributed by atoms with Gasteiger partial charge in [-0.25, -0.2) is 4.98 Å². The summed E-state index contributed by atoms with van der Waals surface area (Å²) in [5.41, 5.74) is -1.78. The van der Waals surface area contributed by atoms with Crippen LogP contribution in [0.15, 0.2) is 17.2 Å². The van der Waals surface area contributed by atoms with E-state index in [4.69, 9.17) is 4.74 Å². The van der Waals surface area contributed by atoms with Gasteiger partial charge in [0.2, 0.25) is 0 Å². The molecular weight excluding hydrogens is 299 g/mol. The number of methoxy groups -OCH3 is 1. The van der Waals surface area contributed by atoms with E-state index in [0.29, 0.717) is 19.2 Å². The van der Waals surface area contributed by atoms with Crippen LogP contribution in [-0.4, -0.2) is 47.8 Å². The molecule has 0 radical (unpaired) electrons. The second-order valence-corrected chi connectivity index (χ2v) is 5.54. The molecule has 5 nitrogen and oxygen atoms in total. The van der Waals surface area contributed by atoms with Gasteiger partial charge in [-0.2, -0.15) is 13.2 Å². The lowest BCUT2D eigenvalue weighted by Gasteiger charge is -2.31. The third-order valence-electron chi connectivity index (χ3n) is 3.94. The van der Waals surface area contributed by atoms with E-state index >= 15 is 0 Å². The standard InChI is InChI=1S/C14H20F3N3O2/c1-22-7-6-19-4-2-11(3-5-19)9-20-10-18-12(8-13(20)21)14(15,16)17/h8,10-11H,2-7,9H2,1H3. The zero-order valence-electron chi connectivity index (χ0n) is 12.5. The number of ether oxygens (including phenoxy) is 1. The van der Waals surface area contributed by atoms with Crippen molar-refractivity contribution in [2.75, 3.05) is 33.4 Å². The van der Waals surface area contributed by atoms with Gasteiger partial charge in [0.05, 0.1) is 12.9 Å². The molecule has 0 N–H and O–H groups in total. The molecule has 1 aromatic rings. The zero-order chi connectivity index (χ0) is 16.2. The van der Waals surface area contributed by atoms with E-state index in [0.717, 1.165) is 38.8 Å². The van der Waals surface area contributed by atoms with Crippen molar-refractivity contribution in [2.24, 2.45) is 5.92 Å². The molecular formula is C14H20F3N3O2. The first-order chi connectivity index (χ1) is 10.4. The number of hydrogen-bond acceptors (Lipinski definition) is 4. The minimum Gasteiger partial charge on any atom is -0.383 e. The van der Waals surface area contributed by atoms with Crippen molar-refractivity contribution in [3.05, 3.63) is 28.4 Å². The van der Waals surface area contributed by atoms with Gasteiger partial charge in [-0.3, -0.25) is 9.36 Å². The third kappa shape index (κ3) is 4.54. The molecule has 1 aromatic heterocycles. The molecule has 0 unspecified atom stereocenters. The highest BCUT2D eigenvalue weighted by Gasteiger charge is 2.33. The Bertz CT molecular complexity index is 537. The Morgan fingerprint density at radius 2 is 2.05 bits per heavy atom. The van der Waals surface area contributed by atoms with Gasteiger partial charge < -0.3 is 9.64 Å². The summed E-state index contributed by atoms with van der Waals surface area (Å²) in [6.45, 7) is 3.81. The Hall–Kier alpha value is -1.41. The molecule has 2 heterocycles. The highest BCUT2D eigenvalue weighted by molar-refractivity contribution is 5.03. The van der Waals surface area contributed by atoms with Crippen LogP contribution in [-0.2, 0) is 17.5 Å². The van der Waals surface area contributed by atoms with Crippen LogP contribution in [0.4, 0.5) is 13.2 Å². The van der Waals surface area contributed by atoms with Gasteiger partial charge in [-0.1, -0.05) is 0 Å². The number of hydrogen-bond donors (Lipinski definition) is 0. The summed E-state index contributed by atoms with van der Waals surface area (Å²) >= 11 is 0. The summed E-state index contributed by atoms with van der Waals surface area (Å²) in [6, 6.07) is 0.563. The van der Waals surface area contributed by atoms with Crippen molar-refractivity contribution >= 4 is 0 Å². The van der Waals surface area contributed by atoms with Crippen LogP contribution in [0.25, 0.3) is 0 Å². The van der Waals surface area contributed by atoms with E-state index in [1.54, 1.807) is 7.11 Å². The smallest absolute Gasteiger partial charge is 0.383 e. The summed E-state index contributed by atoms with van der Waals surface area (Å²) in [6.07, 6.45) is -1.75. The van der Waals surface area contributed by atoms with E-state index in [-0.39, 0.29) is 5.92 Å². The van der Waals surface area contributed by atoms with Crippen molar-refractivity contribution < 1.29 is 17.9 Å². The molecule has 0 saturated carbocycles. The number of likely N-dealkylation sites (tertiary alicyclic amines) is 1. The maximum Gasteiger partial charge on any atom is 0.433 e. The van der Waals surface area contributed by atoms with Crippen LogP contribution in [0.1, 0.15) is 18.5 Å². The second kappa shape index (κ2) is 7.23. The summed E-state index contributed by atoms with van der Waals surface area (Å²) in [5, 5.41) is 0. The average Bonchev–Trinajstić information content (AvgIpc) is 2.47. The van der Waals surface area contributed by atoms with Crippen molar-refractivity contribution in [2.45, 2.75) is 25.6 Å². The van der Waals surface area contributed by atoms with Gasteiger partial charge in [0.15, 0.2) is 5.69 Å². The Morgan fingerprint density at radius 1 is 1.36 bits per heavy atom. The Balaban J connectivity index is 1.91. The molecule has 0 bridgehead atoms. The highest BCUT2D eigenvalue weighted by atomic mass is 19.4. The Morgan fingerprint density at radius 3 is 2.59 bits per heavy atom. The van der Waals surface area contributed by atoms with Gasteiger partial charge in [0.25, 0.3) is 5.56 Å². The molecule has 0 atom stereocenters. The molecule has 8 heteroatoms. The second-order valence-electron chi connectivity index (χ2n) is 5.54. The number of alkyl halides is 3. The number of halogens is 3.